The van der Waals surface area contributed by atoms with Crippen LogP contribution in [-0.4, -0.2) is 16.4 Å². The molecule has 0 saturated heterocycles. The zero-order valence-electron chi connectivity index (χ0n) is 16.4. The molecule has 0 radical (unpaired) electrons. The molecule has 6 heteroatoms. The molecule has 0 atom stereocenters. The Kier molecular flexibility index (Phi) is 6.29. The molecule has 2 aromatic rings. The summed E-state index contributed by atoms with van der Waals surface area (Å²) in [5, 5.41) is 2.78. The van der Waals surface area contributed by atoms with Crippen LogP contribution in [0.15, 0.2) is 35.1 Å². The second kappa shape index (κ2) is 8.87. The first-order valence-electron chi connectivity index (χ1n) is 9.85. The number of benzene rings is 1. The van der Waals surface area contributed by atoms with Crippen molar-refractivity contribution in [3.05, 3.63) is 57.5 Å². The van der Waals surface area contributed by atoms with Crippen molar-refractivity contribution in [3.8, 4) is 5.75 Å². The van der Waals surface area contributed by atoms with Crippen LogP contribution in [-0.2, 0) is 24.2 Å². The van der Waals surface area contributed by atoms with Crippen molar-refractivity contribution in [2.45, 2.75) is 58.9 Å². The Labute approximate surface area is 164 Å². The fraction of sp³-hybridized carbons (Fsp3) is 0.409. The van der Waals surface area contributed by atoms with Gasteiger partial charge in [0.15, 0.2) is 0 Å². The van der Waals surface area contributed by atoms with E-state index >= 15 is 0 Å². The maximum absolute atomic E-state index is 13.0. The molecule has 1 amide bonds. The number of hydrogen-bond acceptors (Lipinski definition) is 4. The molecule has 3 rings (SSSR count). The first kappa shape index (κ1) is 19.9. The molecule has 0 spiro atoms. The summed E-state index contributed by atoms with van der Waals surface area (Å²) in [6, 6.07) is 8.25. The van der Waals surface area contributed by atoms with Crippen LogP contribution in [0.5, 0.6) is 5.75 Å². The molecule has 1 aromatic heterocycles. The molecule has 0 bridgehead atoms. The smallest absolute Gasteiger partial charge is 0.308 e. The molecule has 28 heavy (non-hydrogen) atoms. The summed E-state index contributed by atoms with van der Waals surface area (Å²) in [4.78, 5) is 36.8. The fourth-order valence-electron chi connectivity index (χ4n) is 3.57. The highest BCUT2D eigenvalue weighted by Gasteiger charge is 2.21. The zero-order chi connectivity index (χ0) is 20.1. The Morgan fingerprint density at radius 2 is 1.86 bits per heavy atom. The van der Waals surface area contributed by atoms with E-state index in [1.54, 1.807) is 34.9 Å². The predicted molar refractivity (Wildman–Crippen MR) is 108 cm³/mol. The average Bonchev–Trinajstić information content (AvgIpc) is 2.68. The third kappa shape index (κ3) is 4.50. The van der Waals surface area contributed by atoms with Crippen molar-refractivity contribution in [1.29, 1.82) is 0 Å². The van der Waals surface area contributed by atoms with Crippen LogP contribution in [0, 0.1) is 0 Å². The molecule has 1 heterocycles. The lowest BCUT2D eigenvalue weighted by atomic mass is 9.94. The molecule has 1 aromatic carbocycles. The lowest BCUT2D eigenvalue weighted by Crippen LogP contribution is -2.33. The second-order valence-electron chi connectivity index (χ2n) is 7.12. The van der Waals surface area contributed by atoms with E-state index in [-0.39, 0.29) is 11.1 Å². The highest BCUT2D eigenvalue weighted by molar-refractivity contribution is 6.04. The fourth-order valence-corrected chi connectivity index (χ4v) is 3.57. The van der Waals surface area contributed by atoms with Crippen LogP contribution in [0.3, 0.4) is 0 Å². The molecule has 0 fully saturated rings. The van der Waals surface area contributed by atoms with Gasteiger partial charge in [0.05, 0.1) is 0 Å². The van der Waals surface area contributed by atoms with Crippen molar-refractivity contribution >= 4 is 17.6 Å². The molecule has 1 aliphatic carbocycles. The third-order valence-corrected chi connectivity index (χ3v) is 4.95. The molecule has 0 unspecified atom stereocenters. The van der Waals surface area contributed by atoms with Crippen molar-refractivity contribution in [1.82, 2.24) is 4.57 Å². The Morgan fingerprint density at radius 1 is 1.14 bits per heavy atom. The Hall–Kier alpha value is -2.89. The maximum atomic E-state index is 13.0. The summed E-state index contributed by atoms with van der Waals surface area (Å²) in [6.07, 6.45) is 5.87. The minimum absolute atomic E-state index is 0.181. The van der Waals surface area contributed by atoms with E-state index < -0.39 is 11.9 Å². The van der Waals surface area contributed by atoms with Gasteiger partial charge in [-0.1, -0.05) is 13.3 Å². The number of aryl methyl sites for hydroxylation is 1. The van der Waals surface area contributed by atoms with E-state index in [1.165, 1.54) is 6.92 Å². The van der Waals surface area contributed by atoms with Crippen molar-refractivity contribution in [2.24, 2.45) is 0 Å². The highest BCUT2D eigenvalue weighted by atomic mass is 16.5. The summed E-state index contributed by atoms with van der Waals surface area (Å²) in [5.74, 6) is -0.413. The van der Waals surface area contributed by atoms with Gasteiger partial charge in [-0.25, -0.2) is 0 Å². The number of hydrogen-bond donors (Lipinski definition) is 1. The number of nitrogens with one attached hydrogen (secondary N) is 1. The van der Waals surface area contributed by atoms with Gasteiger partial charge in [0.25, 0.3) is 11.5 Å². The largest absolute Gasteiger partial charge is 0.427 e. The van der Waals surface area contributed by atoms with Crippen LogP contribution in [0.25, 0.3) is 0 Å². The number of rotatable bonds is 6. The van der Waals surface area contributed by atoms with Crippen LogP contribution < -0.4 is 15.6 Å². The summed E-state index contributed by atoms with van der Waals surface area (Å²) < 4.78 is 6.79. The summed E-state index contributed by atoms with van der Waals surface area (Å²) in [5.41, 5.74) is 2.70. The molecule has 148 valence electrons. The lowest BCUT2D eigenvalue weighted by Gasteiger charge is -2.22. The van der Waals surface area contributed by atoms with Crippen molar-refractivity contribution < 1.29 is 14.3 Å². The van der Waals surface area contributed by atoms with Crippen molar-refractivity contribution in [2.75, 3.05) is 5.32 Å². The first-order valence-corrected chi connectivity index (χ1v) is 9.85. The molecule has 1 aliphatic rings. The quantitative estimate of drug-likeness (QED) is 0.610. The number of aromatic nitrogens is 1. The monoisotopic (exact) mass is 382 g/mol. The molecule has 0 saturated carbocycles. The number of anilines is 1. The number of unbranched alkanes of at least 4 members (excludes halogenated alkanes) is 1. The number of ether oxygens (including phenoxy) is 1. The van der Waals surface area contributed by atoms with E-state index in [2.05, 4.69) is 12.2 Å². The zero-order valence-corrected chi connectivity index (χ0v) is 16.4. The number of nitrogens with zero attached hydrogens (tertiary/aromatic N) is 1. The lowest BCUT2D eigenvalue weighted by molar-refractivity contribution is -0.131. The molecular formula is C22H26N2O4. The summed E-state index contributed by atoms with van der Waals surface area (Å²) in [7, 11) is 0. The normalized spacial score (nSPS) is 12.9. The number of esters is 1. The Morgan fingerprint density at radius 3 is 2.54 bits per heavy atom. The minimum Gasteiger partial charge on any atom is -0.427 e. The Bertz CT molecular complexity index is 929. The van der Waals surface area contributed by atoms with E-state index in [0.29, 0.717) is 18.0 Å². The number of carbonyl (C=O) groups is 2. The molecule has 6 nitrogen and oxygen atoms in total. The molecular weight excluding hydrogens is 356 g/mol. The highest BCUT2D eigenvalue weighted by Crippen LogP contribution is 2.22. The minimum atomic E-state index is -0.413. The SMILES string of the molecule is CCCCn1c2c(cc(C(=O)Nc3ccc(OC(C)=O)cc3)c1=O)CCCC2. The van der Waals surface area contributed by atoms with Gasteiger partial charge in [-0.2, -0.15) is 0 Å². The number of amides is 1. The second-order valence-corrected chi connectivity index (χ2v) is 7.12. The molecule has 0 aliphatic heterocycles. The van der Waals surface area contributed by atoms with E-state index in [9.17, 15) is 14.4 Å². The van der Waals surface area contributed by atoms with Crippen molar-refractivity contribution in [3.63, 3.8) is 0 Å². The van der Waals surface area contributed by atoms with Gasteiger partial charge in [0.1, 0.15) is 11.3 Å². The van der Waals surface area contributed by atoms with Crippen LogP contribution >= 0.6 is 0 Å². The van der Waals surface area contributed by atoms with E-state index in [4.69, 9.17) is 4.74 Å². The number of fused-ring (bicyclic) bond motifs is 1. The average molecular weight is 382 g/mol. The van der Waals surface area contributed by atoms with E-state index in [0.717, 1.165) is 49.8 Å². The van der Waals surface area contributed by atoms with Gasteiger partial charge in [0.2, 0.25) is 0 Å². The van der Waals surface area contributed by atoms with Gasteiger partial charge in [0, 0.05) is 24.8 Å². The molecule has 1 N–H and O–H groups in total. The van der Waals surface area contributed by atoms with Gasteiger partial charge >= 0.3 is 5.97 Å². The van der Waals surface area contributed by atoms with Crippen LogP contribution in [0.4, 0.5) is 5.69 Å². The standard InChI is InChI=1S/C22H26N2O4/c1-3-4-13-24-20-8-6-5-7-16(20)14-19(22(24)27)21(26)23-17-9-11-18(12-10-17)28-15(2)25/h9-12,14H,3-8,13H2,1-2H3,(H,23,26). The number of pyridine rings is 1. The van der Waals surface area contributed by atoms with Crippen LogP contribution in [0.1, 0.15) is 61.1 Å². The summed E-state index contributed by atoms with van der Waals surface area (Å²) >= 11 is 0. The van der Waals surface area contributed by atoms with E-state index in [1.807, 2.05) is 0 Å². The van der Waals surface area contributed by atoms with Gasteiger partial charge < -0.3 is 14.6 Å². The van der Waals surface area contributed by atoms with Gasteiger partial charge in [-0.3, -0.25) is 14.4 Å². The predicted octanol–water partition coefficient (Wildman–Crippen LogP) is 3.70. The van der Waals surface area contributed by atoms with Gasteiger partial charge in [-0.15, -0.1) is 0 Å². The number of carbonyl (C=O) groups excluding carboxylic acids is 2. The van der Waals surface area contributed by atoms with Gasteiger partial charge in [-0.05, 0) is 68.0 Å². The maximum Gasteiger partial charge on any atom is 0.308 e. The Balaban J connectivity index is 1.86. The third-order valence-electron chi connectivity index (χ3n) is 4.95. The summed E-state index contributed by atoms with van der Waals surface area (Å²) in [6.45, 7) is 4.07. The first-order chi connectivity index (χ1) is 13.5. The van der Waals surface area contributed by atoms with Crippen LogP contribution in [0.2, 0.25) is 0 Å². The topological polar surface area (TPSA) is 77.4 Å².